The van der Waals surface area contributed by atoms with Gasteiger partial charge in [0.25, 0.3) is 6.26 Å². The van der Waals surface area contributed by atoms with E-state index in [2.05, 4.69) is 4.74 Å². The van der Waals surface area contributed by atoms with Crippen LogP contribution in [0.2, 0.25) is 0 Å². The molecule has 0 spiro atoms. The van der Waals surface area contributed by atoms with Crippen LogP contribution < -0.4 is 0 Å². The Morgan fingerprint density at radius 2 is 2.00 bits per heavy atom. The zero-order chi connectivity index (χ0) is 8.10. The summed E-state index contributed by atoms with van der Waals surface area (Å²) < 4.78 is 4.46. The van der Waals surface area contributed by atoms with E-state index in [-0.39, 0.29) is 5.05 Å². The highest BCUT2D eigenvalue weighted by molar-refractivity contribution is 7.80. The third-order valence-corrected chi connectivity index (χ3v) is 1.47. The molecule has 2 nitrogen and oxygen atoms in total. The molecule has 0 heterocycles. The number of nitriles is 1. The van der Waals surface area contributed by atoms with Gasteiger partial charge in [-0.25, -0.2) is 0 Å². The van der Waals surface area contributed by atoms with Crippen molar-refractivity contribution in [1.82, 2.24) is 0 Å². The summed E-state index contributed by atoms with van der Waals surface area (Å²) in [5.74, 6) is 0. The average Bonchev–Trinajstić information content (AvgIpc) is 2.07. The molecule has 0 N–H and O–H groups in total. The van der Waals surface area contributed by atoms with E-state index in [0.717, 1.165) is 5.56 Å². The van der Waals surface area contributed by atoms with Crippen LogP contribution in [0.4, 0.5) is 0 Å². The number of nitrogens with zero attached hydrogens (tertiary/aromatic N) is 1. The van der Waals surface area contributed by atoms with Gasteiger partial charge in [-0.15, -0.1) is 5.26 Å². The van der Waals surface area contributed by atoms with E-state index in [1.807, 2.05) is 18.2 Å². The molecule has 0 aromatic heterocycles. The van der Waals surface area contributed by atoms with Gasteiger partial charge in [0.1, 0.15) is 0 Å². The number of thiocarbonyl (C=S) groups is 1. The highest BCUT2D eigenvalue weighted by Gasteiger charge is 1.98. The molecule has 0 fully saturated rings. The van der Waals surface area contributed by atoms with Crippen molar-refractivity contribution in [2.75, 3.05) is 0 Å². The van der Waals surface area contributed by atoms with Crippen LogP contribution in [-0.4, -0.2) is 5.05 Å². The Bertz CT molecular complexity index is 289. The fourth-order valence-corrected chi connectivity index (χ4v) is 0.848. The van der Waals surface area contributed by atoms with Crippen molar-refractivity contribution < 1.29 is 4.74 Å². The van der Waals surface area contributed by atoms with E-state index in [9.17, 15) is 0 Å². The van der Waals surface area contributed by atoms with Crippen LogP contribution in [0.3, 0.4) is 0 Å². The smallest absolute Gasteiger partial charge is 0.293 e. The number of rotatable bonds is 1. The lowest BCUT2D eigenvalue weighted by molar-refractivity contribution is 0.514. The van der Waals surface area contributed by atoms with Crippen molar-refractivity contribution in [3.63, 3.8) is 0 Å². The van der Waals surface area contributed by atoms with Crippen LogP contribution >= 0.6 is 12.2 Å². The number of hydrogen-bond donors (Lipinski definition) is 0. The Hall–Kier alpha value is -1.40. The molecule has 1 rings (SSSR count). The molecule has 1 aromatic carbocycles. The van der Waals surface area contributed by atoms with E-state index in [1.54, 1.807) is 12.1 Å². The van der Waals surface area contributed by atoms with Gasteiger partial charge in [-0.05, 0) is 12.2 Å². The Morgan fingerprint density at radius 1 is 1.36 bits per heavy atom. The Balaban J connectivity index is 2.79. The first-order valence-electron chi connectivity index (χ1n) is 3.00. The first-order chi connectivity index (χ1) is 5.34. The fourth-order valence-electron chi connectivity index (χ4n) is 0.675. The third kappa shape index (κ3) is 2.03. The summed E-state index contributed by atoms with van der Waals surface area (Å²) in [4.78, 5) is 0. The molecule has 0 saturated carbocycles. The highest BCUT2D eigenvalue weighted by atomic mass is 32.1. The number of benzene rings is 1. The SMILES string of the molecule is N#COC(=S)c1ccccc1. The van der Waals surface area contributed by atoms with Crippen LogP contribution in [0, 0.1) is 11.5 Å². The normalized spacial score (nSPS) is 8.27. The van der Waals surface area contributed by atoms with Gasteiger partial charge < -0.3 is 4.74 Å². The van der Waals surface area contributed by atoms with E-state index in [4.69, 9.17) is 17.5 Å². The summed E-state index contributed by atoms with van der Waals surface area (Å²) in [6.45, 7) is 0. The van der Waals surface area contributed by atoms with Gasteiger partial charge in [0, 0.05) is 5.56 Å². The predicted molar refractivity (Wildman–Crippen MR) is 44.8 cm³/mol. The summed E-state index contributed by atoms with van der Waals surface area (Å²) in [7, 11) is 0. The van der Waals surface area contributed by atoms with Crippen LogP contribution in [0.15, 0.2) is 30.3 Å². The van der Waals surface area contributed by atoms with Gasteiger partial charge in [0.15, 0.2) is 0 Å². The summed E-state index contributed by atoms with van der Waals surface area (Å²) in [5.41, 5.74) is 0.754. The zero-order valence-electron chi connectivity index (χ0n) is 5.65. The highest BCUT2D eigenvalue weighted by Crippen LogP contribution is 2.01. The Labute approximate surface area is 70.0 Å². The minimum atomic E-state index is 0.216. The second kappa shape index (κ2) is 3.69. The monoisotopic (exact) mass is 163 g/mol. The maximum atomic E-state index is 8.14. The van der Waals surface area contributed by atoms with Crippen LogP contribution in [0.25, 0.3) is 0 Å². The lowest BCUT2D eigenvalue weighted by Crippen LogP contribution is -1.97. The van der Waals surface area contributed by atoms with Gasteiger partial charge in [-0.1, -0.05) is 30.3 Å². The molecule has 0 atom stereocenters. The van der Waals surface area contributed by atoms with Gasteiger partial charge in [0.2, 0.25) is 5.05 Å². The average molecular weight is 163 g/mol. The van der Waals surface area contributed by atoms with Gasteiger partial charge in [-0.2, -0.15) is 0 Å². The molecule has 1 aromatic rings. The van der Waals surface area contributed by atoms with Crippen LogP contribution in [0.1, 0.15) is 5.56 Å². The summed E-state index contributed by atoms with van der Waals surface area (Å²) in [6, 6.07) is 9.13. The lowest BCUT2D eigenvalue weighted by Gasteiger charge is -1.96. The molecule has 11 heavy (non-hydrogen) atoms. The standard InChI is InChI=1S/C8H5NOS/c9-6-10-8(11)7-4-2-1-3-5-7/h1-5H. The van der Waals surface area contributed by atoms with E-state index < -0.39 is 0 Å². The molecule has 0 saturated heterocycles. The van der Waals surface area contributed by atoms with Crippen molar-refractivity contribution >= 4 is 17.3 Å². The Morgan fingerprint density at radius 3 is 2.55 bits per heavy atom. The minimum absolute atomic E-state index is 0.216. The van der Waals surface area contributed by atoms with Gasteiger partial charge in [-0.3, -0.25) is 0 Å². The van der Waals surface area contributed by atoms with Crippen LogP contribution in [0.5, 0.6) is 0 Å². The summed E-state index contributed by atoms with van der Waals surface area (Å²) in [5, 5.41) is 8.35. The van der Waals surface area contributed by atoms with E-state index >= 15 is 0 Å². The molecule has 0 aliphatic heterocycles. The van der Waals surface area contributed by atoms with Crippen molar-refractivity contribution in [3.05, 3.63) is 35.9 Å². The second-order valence-electron chi connectivity index (χ2n) is 1.85. The molecule has 0 unspecified atom stereocenters. The fraction of sp³-hybridized carbons (Fsp3) is 0. The van der Waals surface area contributed by atoms with Crippen molar-refractivity contribution in [2.24, 2.45) is 0 Å². The van der Waals surface area contributed by atoms with Gasteiger partial charge in [0.05, 0.1) is 0 Å². The largest absolute Gasteiger partial charge is 0.375 e. The molecular weight excluding hydrogens is 158 g/mol. The van der Waals surface area contributed by atoms with Gasteiger partial charge >= 0.3 is 0 Å². The molecule has 3 heteroatoms. The Kier molecular flexibility index (Phi) is 2.59. The topological polar surface area (TPSA) is 33.0 Å². The minimum Gasteiger partial charge on any atom is -0.375 e. The predicted octanol–water partition coefficient (Wildman–Crippen LogP) is 1.86. The summed E-state index contributed by atoms with van der Waals surface area (Å²) in [6.07, 6.45) is 1.52. The van der Waals surface area contributed by atoms with Crippen molar-refractivity contribution in [2.45, 2.75) is 0 Å². The number of hydrogen-bond acceptors (Lipinski definition) is 3. The van der Waals surface area contributed by atoms with E-state index in [1.165, 1.54) is 6.26 Å². The molecule has 0 amide bonds. The summed E-state index contributed by atoms with van der Waals surface area (Å²) >= 11 is 4.77. The van der Waals surface area contributed by atoms with Crippen LogP contribution in [-0.2, 0) is 4.74 Å². The van der Waals surface area contributed by atoms with E-state index in [0.29, 0.717) is 0 Å². The molecule has 0 aliphatic rings. The van der Waals surface area contributed by atoms with Crippen molar-refractivity contribution in [1.29, 1.82) is 5.26 Å². The maximum Gasteiger partial charge on any atom is 0.293 e. The first kappa shape index (κ1) is 7.70. The zero-order valence-corrected chi connectivity index (χ0v) is 6.47. The molecule has 0 aliphatic carbocycles. The van der Waals surface area contributed by atoms with Crippen molar-refractivity contribution in [3.8, 4) is 6.26 Å². The molecule has 0 bridgehead atoms. The molecular formula is C8H5NOS. The molecule has 0 radical (unpaired) electrons. The first-order valence-corrected chi connectivity index (χ1v) is 3.40. The lowest BCUT2D eigenvalue weighted by atomic mass is 10.2. The molecule has 54 valence electrons. The second-order valence-corrected chi connectivity index (χ2v) is 2.22. The third-order valence-electron chi connectivity index (χ3n) is 1.15. The maximum absolute atomic E-state index is 8.14. The quantitative estimate of drug-likeness (QED) is 0.468. The number of ether oxygens (including phenoxy) is 1.